The number of furan rings is 1. The minimum atomic E-state index is -2.26. The van der Waals surface area contributed by atoms with E-state index in [1.165, 1.54) is 0 Å². The van der Waals surface area contributed by atoms with Crippen molar-refractivity contribution < 1.29 is 13.1 Å². The summed E-state index contributed by atoms with van der Waals surface area (Å²) in [6.07, 6.45) is 5.98. The Bertz CT molecular complexity index is 1320. The molecule has 0 aliphatic carbocycles. The van der Waals surface area contributed by atoms with E-state index in [1.54, 1.807) is 12.1 Å². The molecule has 28 heavy (non-hydrogen) atoms. The Hall–Kier alpha value is -3.34. The topological polar surface area (TPSA) is 33.2 Å². The van der Waals surface area contributed by atoms with Gasteiger partial charge in [-0.15, -0.1) is 0 Å². The number of rotatable bonds is 2. The molecule has 4 nitrogen and oxygen atoms in total. The minimum Gasteiger partial charge on any atom is -0.439 e. The fourth-order valence-electron chi connectivity index (χ4n) is 3.89. The number of anilines is 1. The summed E-state index contributed by atoms with van der Waals surface area (Å²) < 4.78 is 30.9. The van der Waals surface area contributed by atoms with E-state index in [2.05, 4.69) is 51.6 Å². The highest BCUT2D eigenvalue weighted by atomic mass is 16.3. The van der Waals surface area contributed by atoms with Gasteiger partial charge in [-0.3, -0.25) is 4.81 Å². The summed E-state index contributed by atoms with van der Waals surface area (Å²) in [6, 6.07) is 17.9. The van der Waals surface area contributed by atoms with Crippen LogP contribution in [0.3, 0.4) is 0 Å². The van der Waals surface area contributed by atoms with E-state index in [4.69, 9.17) is 8.53 Å². The molecule has 136 valence electrons. The van der Waals surface area contributed by atoms with E-state index >= 15 is 0 Å². The summed E-state index contributed by atoms with van der Waals surface area (Å²) in [5.74, 6) is 1.76. The van der Waals surface area contributed by atoms with Crippen molar-refractivity contribution in [3.8, 4) is 11.1 Å². The van der Waals surface area contributed by atoms with E-state index < -0.39 is 6.85 Å². The van der Waals surface area contributed by atoms with Crippen LogP contribution in [0.25, 0.3) is 28.3 Å². The Morgan fingerprint density at radius 1 is 1.11 bits per heavy atom. The van der Waals surface area contributed by atoms with Crippen molar-refractivity contribution >= 4 is 35.3 Å². The number of aryl methyl sites for hydroxylation is 2. The summed E-state index contributed by atoms with van der Waals surface area (Å²) in [5.41, 5.74) is 3.71. The van der Waals surface area contributed by atoms with Gasteiger partial charge in [0.1, 0.15) is 5.76 Å². The first kappa shape index (κ1) is 13.8. The van der Waals surface area contributed by atoms with Gasteiger partial charge in [0.15, 0.2) is 0 Å². The third-order valence-corrected chi connectivity index (χ3v) is 5.34. The second-order valence-corrected chi connectivity index (χ2v) is 7.08. The maximum atomic E-state index is 7.61. The number of benzene rings is 1. The van der Waals surface area contributed by atoms with Crippen LogP contribution in [0.5, 0.6) is 0 Å². The number of aromatic nitrogens is 2. The average molecular weight is 369 g/mol. The molecule has 3 aromatic heterocycles. The maximum Gasteiger partial charge on any atom is 0.413 e. The molecular weight excluding hydrogens is 345 g/mol. The summed E-state index contributed by atoms with van der Waals surface area (Å²) >= 11 is 0. The first-order valence-corrected chi connectivity index (χ1v) is 9.28. The molecule has 5 rings (SSSR count). The Kier molecular flexibility index (Phi) is 3.14. The summed E-state index contributed by atoms with van der Waals surface area (Å²) in [7, 11) is 2.03. The van der Waals surface area contributed by atoms with Gasteiger partial charge in [0.05, 0.1) is 19.4 Å². The van der Waals surface area contributed by atoms with Crippen LogP contribution >= 0.6 is 0 Å². The highest BCUT2D eigenvalue weighted by Crippen LogP contribution is 2.27. The molecule has 5 heteroatoms. The van der Waals surface area contributed by atoms with E-state index in [1.807, 2.05) is 37.5 Å². The maximum absolute atomic E-state index is 7.61. The van der Waals surface area contributed by atoms with Crippen LogP contribution in [0.4, 0.5) is 5.82 Å². The van der Waals surface area contributed by atoms with Crippen molar-refractivity contribution in [3.63, 3.8) is 0 Å². The SMILES string of the molecule is [2H]C([2H])([2H])c1ccc2c3c(oc2n1)C=CN(c1cc(-c2ccccc2)cc[n+]1C)B3C. The van der Waals surface area contributed by atoms with Crippen LogP contribution in [-0.2, 0) is 7.05 Å². The molecule has 0 spiro atoms. The fourth-order valence-corrected chi connectivity index (χ4v) is 3.89. The fraction of sp³-hybridized carbons (Fsp3) is 0.130. The first-order valence-electron chi connectivity index (χ1n) is 10.8. The molecule has 0 fully saturated rings. The quantitative estimate of drug-likeness (QED) is 0.396. The Morgan fingerprint density at radius 3 is 2.79 bits per heavy atom. The minimum absolute atomic E-state index is 0.0149. The molecule has 0 saturated carbocycles. The third kappa shape index (κ3) is 2.62. The van der Waals surface area contributed by atoms with Gasteiger partial charge >= 0.3 is 6.85 Å². The largest absolute Gasteiger partial charge is 0.439 e. The highest BCUT2D eigenvalue weighted by molar-refractivity contribution is 6.79. The molecule has 1 aliphatic rings. The number of pyridine rings is 2. The predicted octanol–water partition coefficient (Wildman–Crippen LogP) is 3.95. The monoisotopic (exact) mass is 369 g/mol. The summed E-state index contributed by atoms with van der Waals surface area (Å²) in [4.78, 5) is 6.46. The Labute approximate surface area is 169 Å². The smallest absolute Gasteiger partial charge is 0.413 e. The number of hydrogen-bond donors (Lipinski definition) is 0. The van der Waals surface area contributed by atoms with Crippen LogP contribution in [0.2, 0.25) is 6.82 Å². The normalized spacial score (nSPS) is 15.3. The molecule has 1 aliphatic heterocycles. The second kappa shape index (κ2) is 6.38. The molecule has 0 saturated heterocycles. The van der Waals surface area contributed by atoms with E-state index in [9.17, 15) is 0 Å². The molecule has 0 radical (unpaired) electrons. The molecule has 4 aromatic rings. The Morgan fingerprint density at radius 2 is 1.96 bits per heavy atom. The van der Waals surface area contributed by atoms with Crippen molar-refractivity contribution in [2.75, 3.05) is 4.81 Å². The van der Waals surface area contributed by atoms with Crippen LogP contribution < -0.4 is 14.8 Å². The lowest BCUT2D eigenvalue weighted by Crippen LogP contribution is -2.50. The zero-order chi connectivity index (χ0) is 21.8. The second-order valence-electron chi connectivity index (χ2n) is 7.08. The van der Waals surface area contributed by atoms with Crippen molar-refractivity contribution in [1.82, 2.24) is 4.98 Å². The van der Waals surface area contributed by atoms with Crippen LogP contribution in [-0.4, -0.2) is 11.8 Å². The van der Waals surface area contributed by atoms with Crippen molar-refractivity contribution in [2.45, 2.75) is 13.7 Å². The number of nitrogens with zero attached hydrogens (tertiary/aromatic N) is 3. The predicted molar refractivity (Wildman–Crippen MR) is 115 cm³/mol. The molecule has 0 unspecified atom stereocenters. The van der Waals surface area contributed by atoms with Gasteiger partial charge in [-0.1, -0.05) is 30.3 Å². The van der Waals surface area contributed by atoms with Crippen molar-refractivity contribution in [1.29, 1.82) is 0 Å². The van der Waals surface area contributed by atoms with Gasteiger partial charge in [0, 0.05) is 32.8 Å². The third-order valence-electron chi connectivity index (χ3n) is 5.34. The average Bonchev–Trinajstić information content (AvgIpc) is 3.13. The van der Waals surface area contributed by atoms with Crippen molar-refractivity contribution in [2.24, 2.45) is 7.05 Å². The van der Waals surface area contributed by atoms with Gasteiger partial charge in [-0.05, 0) is 43.0 Å². The van der Waals surface area contributed by atoms with Gasteiger partial charge in [0.25, 0.3) is 5.82 Å². The van der Waals surface area contributed by atoms with Crippen LogP contribution in [0.15, 0.2) is 71.4 Å². The highest BCUT2D eigenvalue weighted by Gasteiger charge is 2.37. The van der Waals surface area contributed by atoms with Crippen molar-refractivity contribution in [3.05, 3.63) is 78.4 Å². The molecule has 0 amide bonds. The molecule has 1 aromatic carbocycles. The summed E-state index contributed by atoms with van der Waals surface area (Å²) in [6.45, 7) is -0.163. The molecular formula is C23H21BN3O+. The molecule has 0 N–H and O–H groups in total. The lowest BCUT2D eigenvalue weighted by atomic mass is 9.54. The first-order chi connectivity index (χ1) is 14.8. The lowest BCUT2D eigenvalue weighted by molar-refractivity contribution is -0.658. The van der Waals surface area contributed by atoms with Crippen LogP contribution in [0, 0.1) is 6.85 Å². The van der Waals surface area contributed by atoms with Crippen LogP contribution in [0.1, 0.15) is 15.6 Å². The van der Waals surface area contributed by atoms with Gasteiger partial charge in [-0.2, -0.15) is 0 Å². The lowest BCUT2D eigenvalue weighted by Gasteiger charge is -2.22. The molecule has 0 bridgehead atoms. The molecule has 0 atom stereocenters. The van der Waals surface area contributed by atoms with E-state index in [0.717, 1.165) is 33.6 Å². The summed E-state index contributed by atoms with van der Waals surface area (Å²) in [5, 5.41) is 0.840. The van der Waals surface area contributed by atoms with Gasteiger partial charge < -0.3 is 4.42 Å². The van der Waals surface area contributed by atoms with Gasteiger partial charge in [-0.25, -0.2) is 9.55 Å². The van der Waals surface area contributed by atoms with E-state index in [-0.39, 0.29) is 12.5 Å². The zero-order valence-electron chi connectivity index (χ0n) is 18.8. The number of hydrogen-bond acceptors (Lipinski definition) is 3. The number of fused-ring (bicyclic) bond motifs is 3. The Balaban J connectivity index is 1.58. The molecule has 4 heterocycles. The standard InChI is InChI=1S/C23H21BN3O/c1-16-9-10-19-22-20(28-23(19)25-16)12-14-27(24(22)2)21-15-18(11-13-26(21)3)17-7-5-4-6-8-17/h4-15H,1-3H3/q+1/i1D3. The zero-order valence-corrected chi connectivity index (χ0v) is 15.8. The van der Waals surface area contributed by atoms with E-state index in [0.29, 0.717) is 5.71 Å². The van der Waals surface area contributed by atoms with Gasteiger partial charge in [0.2, 0.25) is 5.71 Å².